The van der Waals surface area contributed by atoms with Crippen LogP contribution in [0.15, 0.2) is 0 Å². The predicted octanol–water partition coefficient (Wildman–Crippen LogP) is 2.92. The number of amides is 1. The lowest BCUT2D eigenvalue weighted by molar-refractivity contribution is -0.137. The van der Waals surface area contributed by atoms with Crippen molar-refractivity contribution < 1.29 is 14.7 Å². The molecule has 1 rings (SSSR count). The molecule has 1 aliphatic heterocycles. The molecule has 0 aliphatic carbocycles. The van der Waals surface area contributed by atoms with E-state index in [2.05, 4.69) is 13.8 Å². The zero-order valence-corrected chi connectivity index (χ0v) is 12.2. The van der Waals surface area contributed by atoms with Crippen LogP contribution in [0.4, 0.5) is 0 Å². The summed E-state index contributed by atoms with van der Waals surface area (Å²) in [6.45, 7) is 6.27. The molecule has 4 heteroatoms. The molecule has 1 atom stereocenters. The number of hydrogen-bond acceptors (Lipinski definition) is 2. The summed E-state index contributed by atoms with van der Waals surface area (Å²) in [6.07, 6.45) is 5.39. The van der Waals surface area contributed by atoms with Crippen LogP contribution < -0.4 is 0 Å². The van der Waals surface area contributed by atoms with E-state index in [1.807, 2.05) is 4.90 Å². The van der Waals surface area contributed by atoms with E-state index in [0.29, 0.717) is 25.2 Å². The summed E-state index contributed by atoms with van der Waals surface area (Å²) in [6, 6.07) is 0. The standard InChI is InChI=1S/C15H27NO3/c1-12(2)13-6-5-10-16(11-9-13)14(17)7-3-4-8-15(18)19/h12-13H,3-11H2,1-2H3,(H,18,19). The van der Waals surface area contributed by atoms with Crippen LogP contribution >= 0.6 is 0 Å². The number of carbonyl (C=O) groups is 2. The van der Waals surface area contributed by atoms with Gasteiger partial charge >= 0.3 is 5.97 Å². The highest BCUT2D eigenvalue weighted by molar-refractivity contribution is 5.76. The first-order valence-corrected chi connectivity index (χ1v) is 7.50. The summed E-state index contributed by atoms with van der Waals surface area (Å²) in [5.74, 6) is 0.868. The molecule has 110 valence electrons. The van der Waals surface area contributed by atoms with Gasteiger partial charge in [0.25, 0.3) is 0 Å². The van der Waals surface area contributed by atoms with Crippen molar-refractivity contribution in [3.63, 3.8) is 0 Å². The van der Waals surface area contributed by atoms with E-state index >= 15 is 0 Å². The van der Waals surface area contributed by atoms with Crippen molar-refractivity contribution in [1.82, 2.24) is 4.90 Å². The molecule has 4 nitrogen and oxygen atoms in total. The second-order valence-electron chi connectivity index (χ2n) is 5.92. The van der Waals surface area contributed by atoms with E-state index in [4.69, 9.17) is 5.11 Å². The number of carboxylic acid groups (broad SMARTS) is 1. The third-order valence-corrected chi connectivity index (χ3v) is 4.10. The quantitative estimate of drug-likeness (QED) is 0.754. The van der Waals surface area contributed by atoms with Gasteiger partial charge in [-0.2, -0.15) is 0 Å². The Hall–Kier alpha value is -1.06. The minimum absolute atomic E-state index is 0.169. The van der Waals surface area contributed by atoms with Gasteiger partial charge in [-0.25, -0.2) is 0 Å². The summed E-state index contributed by atoms with van der Waals surface area (Å²) in [7, 11) is 0. The Balaban J connectivity index is 2.27. The molecular weight excluding hydrogens is 242 g/mol. The Bertz CT molecular complexity index is 302. The molecule has 0 aromatic carbocycles. The van der Waals surface area contributed by atoms with Crippen LogP contribution in [-0.4, -0.2) is 35.0 Å². The second-order valence-corrected chi connectivity index (χ2v) is 5.92. The van der Waals surface area contributed by atoms with Crippen LogP contribution in [0.25, 0.3) is 0 Å². The van der Waals surface area contributed by atoms with E-state index in [9.17, 15) is 9.59 Å². The number of hydrogen-bond donors (Lipinski definition) is 1. The van der Waals surface area contributed by atoms with Gasteiger partial charge in [0.05, 0.1) is 0 Å². The fraction of sp³-hybridized carbons (Fsp3) is 0.867. The third-order valence-electron chi connectivity index (χ3n) is 4.10. The summed E-state index contributed by atoms with van der Waals surface area (Å²) < 4.78 is 0. The first-order valence-electron chi connectivity index (χ1n) is 7.50. The smallest absolute Gasteiger partial charge is 0.303 e. The maximum atomic E-state index is 12.1. The van der Waals surface area contributed by atoms with E-state index < -0.39 is 5.97 Å². The summed E-state index contributed by atoms with van der Waals surface area (Å²) in [5, 5.41) is 8.55. The van der Waals surface area contributed by atoms with Gasteiger partial charge in [0, 0.05) is 25.9 Å². The number of carbonyl (C=O) groups excluding carboxylic acids is 1. The molecule has 1 saturated heterocycles. The number of rotatable bonds is 6. The molecule has 0 bridgehead atoms. The van der Waals surface area contributed by atoms with Gasteiger partial charge in [0.2, 0.25) is 5.91 Å². The highest BCUT2D eigenvalue weighted by Crippen LogP contribution is 2.24. The minimum Gasteiger partial charge on any atom is -0.481 e. The minimum atomic E-state index is -0.776. The van der Waals surface area contributed by atoms with E-state index in [1.54, 1.807) is 0 Å². The summed E-state index contributed by atoms with van der Waals surface area (Å²) in [4.78, 5) is 24.4. The lowest BCUT2D eigenvalue weighted by Crippen LogP contribution is -2.31. The van der Waals surface area contributed by atoms with Crippen LogP contribution in [0.2, 0.25) is 0 Å². The molecule has 19 heavy (non-hydrogen) atoms. The average molecular weight is 269 g/mol. The molecule has 0 aromatic heterocycles. The number of nitrogens with zero attached hydrogens (tertiary/aromatic N) is 1. The molecule has 0 aromatic rings. The number of unbranched alkanes of at least 4 members (excludes halogenated alkanes) is 1. The Labute approximate surface area is 116 Å². The van der Waals surface area contributed by atoms with Gasteiger partial charge in [-0.1, -0.05) is 13.8 Å². The number of aliphatic carboxylic acids is 1. The van der Waals surface area contributed by atoms with E-state index in [0.717, 1.165) is 31.8 Å². The SMILES string of the molecule is CC(C)C1CCCN(C(=O)CCCCC(=O)O)CC1. The van der Waals surface area contributed by atoms with Gasteiger partial charge in [-0.3, -0.25) is 9.59 Å². The topological polar surface area (TPSA) is 57.6 Å². The zero-order chi connectivity index (χ0) is 14.3. The highest BCUT2D eigenvalue weighted by Gasteiger charge is 2.21. The second kappa shape index (κ2) is 8.18. The third kappa shape index (κ3) is 6.08. The first kappa shape index (κ1) is 16.0. The largest absolute Gasteiger partial charge is 0.481 e. The lowest BCUT2D eigenvalue weighted by Gasteiger charge is -2.21. The number of carboxylic acids is 1. The van der Waals surface area contributed by atoms with Crippen LogP contribution in [0.5, 0.6) is 0 Å². The Morgan fingerprint density at radius 3 is 2.47 bits per heavy atom. The maximum absolute atomic E-state index is 12.1. The first-order chi connectivity index (χ1) is 9.00. The van der Waals surface area contributed by atoms with Crippen molar-refractivity contribution in [2.75, 3.05) is 13.1 Å². The fourth-order valence-electron chi connectivity index (χ4n) is 2.75. The molecule has 1 fully saturated rings. The molecule has 0 saturated carbocycles. The van der Waals surface area contributed by atoms with Crippen LogP contribution in [0.1, 0.15) is 58.8 Å². The van der Waals surface area contributed by atoms with Crippen LogP contribution in [-0.2, 0) is 9.59 Å². The lowest BCUT2D eigenvalue weighted by atomic mass is 9.89. The number of likely N-dealkylation sites (tertiary alicyclic amines) is 1. The molecule has 1 N–H and O–H groups in total. The molecular formula is C15H27NO3. The normalized spacial score (nSPS) is 20.4. The van der Waals surface area contributed by atoms with Gasteiger partial charge < -0.3 is 10.0 Å². The zero-order valence-electron chi connectivity index (χ0n) is 12.2. The summed E-state index contributed by atoms with van der Waals surface area (Å²) >= 11 is 0. The monoisotopic (exact) mass is 269 g/mol. The fourth-order valence-corrected chi connectivity index (χ4v) is 2.75. The van der Waals surface area contributed by atoms with Crippen molar-refractivity contribution in [3.8, 4) is 0 Å². The van der Waals surface area contributed by atoms with Crippen molar-refractivity contribution in [2.45, 2.75) is 58.8 Å². The molecule has 0 spiro atoms. The molecule has 0 radical (unpaired) electrons. The maximum Gasteiger partial charge on any atom is 0.303 e. The molecule has 1 aliphatic rings. The van der Waals surface area contributed by atoms with Crippen molar-refractivity contribution in [3.05, 3.63) is 0 Å². The Kier molecular flexibility index (Phi) is 6.89. The van der Waals surface area contributed by atoms with E-state index in [-0.39, 0.29) is 12.3 Å². The van der Waals surface area contributed by atoms with Crippen molar-refractivity contribution in [1.29, 1.82) is 0 Å². The van der Waals surface area contributed by atoms with Crippen LogP contribution in [0, 0.1) is 11.8 Å². The van der Waals surface area contributed by atoms with Gasteiger partial charge in [0.15, 0.2) is 0 Å². The van der Waals surface area contributed by atoms with Crippen LogP contribution in [0.3, 0.4) is 0 Å². The predicted molar refractivity (Wildman–Crippen MR) is 74.9 cm³/mol. The average Bonchev–Trinajstić information content (AvgIpc) is 2.59. The molecule has 1 heterocycles. The highest BCUT2D eigenvalue weighted by atomic mass is 16.4. The van der Waals surface area contributed by atoms with E-state index in [1.165, 1.54) is 6.42 Å². The van der Waals surface area contributed by atoms with Gasteiger partial charge in [-0.05, 0) is 43.9 Å². The van der Waals surface area contributed by atoms with Crippen molar-refractivity contribution >= 4 is 11.9 Å². The summed E-state index contributed by atoms with van der Waals surface area (Å²) in [5.41, 5.74) is 0. The van der Waals surface area contributed by atoms with Crippen molar-refractivity contribution in [2.24, 2.45) is 11.8 Å². The molecule has 1 unspecified atom stereocenters. The Morgan fingerprint density at radius 2 is 1.84 bits per heavy atom. The Morgan fingerprint density at radius 1 is 1.16 bits per heavy atom. The molecule has 1 amide bonds. The van der Waals surface area contributed by atoms with Gasteiger partial charge in [-0.15, -0.1) is 0 Å². The van der Waals surface area contributed by atoms with Gasteiger partial charge in [0.1, 0.15) is 0 Å².